The molecule has 0 spiro atoms. The number of benzene rings is 3. The third-order valence-corrected chi connectivity index (χ3v) is 6.33. The molecule has 0 saturated heterocycles. The average Bonchev–Trinajstić information content (AvgIpc) is 2.84. The molecule has 0 heterocycles. The van der Waals surface area contributed by atoms with Crippen LogP contribution in [-0.4, -0.2) is 67.1 Å². The number of halogens is 1. The van der Waals surface area contributed by atoms with Gasteiger partial charge in [-0.1, -0.05) is 72.3 Å². The predicted molar refractivity (Wildman–Crippen MR) is 145 cm³/mol. The number of aliphatic carboxylic acids is 1. The van der Waals surface area contributed by atoms with Gasteiger partial charge in [0.2, 0.25) is 0 Å². The molecule has 0 aliphatic rings. The Bertz CT molecular complexity index is 1150. The smallest absolute Gasteiger partial charge is 0.326 e. The Hall–Kier alpha value is -3.19. The van der Waals surface area contributed by atoms with Gasteiger partial charge in [-0.25, -0.2) is 4.79 Å². The minimum Gasteiger partial charge on any atom is -0.480 e. The third kappa shape index (κ3) is 8.19. The van der Waals surface area contributed by atoms with Crippen LogP contribution in [0.3, 0.4) is 0 Å². The number of carbonyl (C=O) groups excluding carboxylic acids is 1. The largest absolute Gasteiger partial charge is 0.480 e. The van der Waals surface area contributed by atoms with E-state index in [2.05, 4.69) is 60.5 Å². The minimum atomic E-state index is -1.10. The number of nitrogens with zero attached hydrogens (tertiary/aromatic N) is 2. The van der Waals surface area contributed by atoms with E-state index in [9.17, 15) is 14.7 Å². The first-order valence-corrected chi connectivity index (χ1v) is 12.4. The molecule has 0 bridgehead atoms. The van der Waals surface area contributed by atoms with Gasteiger partial charge in [-0.05, 0) is 75.0 Å². The van der Waals surface area contributed by atoms with Crippen molar-refractivity contribution in [2.24, 2.45) is 0 Å². The monoisotopic (exact) mass is 507 g/mol. The van der Waals surface area contributed by atoms with Crippen molar-refractivity contribution in [2.75, 3.05) is 34.2 Å². The summed E-state index contributed by atoms with van der Waals surface area (Å²) in [4.78, 5) is 28.8. The molecule has 0 aliphatic carbocycles. The van der Waals surface area contributed by atoms with E-state index in [1.165, 1.54) is 5.56 Å². The van der Waals surface area contributed by atoms with E-state index in [0.29, 0.717) is 0 Å². The summed E-state index contributed by atoms with van der Waals surface area (Å²) in [7, 11) is 6.33. The van der Waals surface area contributed by atoms with Crippen molar-refractivity contribution >= 4 is 23.5 Å². The van der Waals surface area contributed by atoms with Crippen molar-refractivity contribution in [3.63, 3.8) is 0 Å². The average molecular weight is 508 g/mol. The molecular formula is C29H34ClN3O3. The molecule has 0 aromatic heterocycles. The van der Waals surface area contributed by atoms with Crippen molar-refractivity contribution < 1.29 is 14.7 Å². The summed E-state index contributed by atoms with van der Waals surface area (Å²) in [6, 6.07) is 21.8. The Kier molecular flexibility index (Phi) is 10.1. The van der Waals surface area contributed by atoms with Crippen LogP contribution in [0.25, 0.3) is 11.1 Å². The Labute approximate surface area is 218 Å². The maximum Gasteiger partial charge on any atom is 0.326 e. The fourth-order valence-electron chi connectivity index (χ4n) is 4.00. The van der Waals surface area contributed by atoms with Crippen LogP contribution in [0, 0.1) is 0 Å². The van der Waals surface area contributed by atoms with Gasteiger partial charge in [0.05, 0.1) is 10.6 Å². The molecule has 0 aliphatic heterocycles. The molecule has 1 amide bonds. The Balaban J connectivity index is 1.59. The van der Waals surface area contributed by atoms with Crippen LogP contribution in [-0.2, 0) is 17.8 Å². The summed E-state index contributed by atoms with van der Waals surface area (Å²) < 4.78 is 0. The van der Waals surface area contributed by atoms with E-state index >= 15 is 0 Å². The fourth-order valence-corrected chi connectivity index (χ4v) is 4.22. The van der Waals surface area contributed by atoms with Crippen LogP contribution >= 0.6 is 11.6 Å². The zero-order valence-electron chi connectivity index (χ0n) is 21.1. The van der Waals surface area contributed by atoms with E-state index in [0.717, 1.165) is 42.7 Å². The maximum absolute atomic E-state index is 12.5. The lowest BCUT2D eigenvalue weighted by atomic mass is 9.99. The van der Waals surface area contributed by atoms with E-state index in [1.54, 1.807) is 24.3 Å². The molecule has 36 heavy (non-hydrogen) atoms. The molecular weight excluding hydrogens is 474 g/mol. The van der Waals surface area contributed by atoms with Gasteiger partial charge < -0.3 is 20.2 Å². The molecule has 190 valence electrons. The molecule has 0 unspecified atom stereocenters. The van der Waals surface area contributed by atoms with Gasteiger partial charge in [-0.15, -0.1) is 0 Å². The first-order valence-electron chi connectivity index (χ1n) is 12.0. The van der Waals surface area contributed by atoms with Gasteiger partial charge in [0, 0.05) is 13.0 Å². The summed E-state index contributed by atoms with van der Waals surface area (Å²) in [5.41, 5.74) is 4.49. The van der Waals surface area contributed by atoms with Gasteiger partial charge in [-0.2, -0.15) is 0 Å². The lowest BCUT2D eigenvalue weighted by Gasteiger charge is -2.18. The number of rotatable bonds is 12. The predicted octanol–water partition coefficient (Wildman–Crippen LogP) is 4.82. The van der Waals surface area contributed by atoms with Crippen molar-refractivity contribution in [1.82, 2.24) is 15.1 Å². The second kappa shape index (κ2) is 13.2. The first-order chi connectivity index (χ1) is 17.2. The van der Waals surface area contributed by atoms with Gasteiger partial charge >= 0.3 is 5.97 Å². The molecule has 0 radical (unpaired) electrons. The second-order valence-corrected chi connectivity index (χ2v) is 9.74. The lowest BCUT2D eigenvalue weighted by Crippen LogP contribution is -2.42. The second-order valence-electron chi connectivity index (χ2n) is 9.34. The lowest BCUT2D eigenvalue weighted by molar-refractivity contribution is -0.139. The van der Waals surface area contributed by atoms with Crippen LogP contribution < -0.4 is 5.32 Å². The van der Waals surface area contributed by atoms with Crippen LogP contribution in [0.5, 0.6) is 0 Å². The van der Waals surface area contributed by atoms with Crippen molar-refractivity contribution in [3.8, 4) is 11.1 Å². The normalized spacial score (nSPS) is 12.1. The summed E-state index contributed by atoms with van der Waals surface area (Å²) in [5, 5.41) is 12.5. The van der Waals surface area contributed by atoms with Gasteiger partial charge in [0.25, 0.3) is 5.91 Å². The molecule has 7 heteroatoms. The summed E-state index contributed by atoms with van der Waals surface area (Å²) in [5.74, 6) is -1.60. The number of amides is 1. The highest BCUT2D eigenvalue weighted by atomic mass is 35.5. The fraction of sp³-hybridized carbons (Fsp3) is 0.310. The highest BCUT2D eigenvalue weighted by Crippen LogP contribution is 2.22. The summed E-state index contributed by atoms with van der Waals surface area (Å²) >= 11 is 6.07. The highest BCUT2D eigenvalue weighted by molar-refractivity contribution is 6.33. The molecule has 6 nitrogen and oxygen atoms in total. The van der Waals surface area contributed by atoms with Crippen LogP contribution in [0.4, 0.5) is 0 Å². The molecule has 1 atom stereocenters. The molecule has 3 rings (SSSR count). The number of carboxylic acids is 1. The zero-order chi connectivity index (χ0) is 26.1. The highest BCUT2D eigenvalue weighted by Gasteiger charge is 2.22. The first kappa shape index (κ1) is 27.4. The third-order valence-electron chi connectivity index (χ3n) is 6.00. The number of hydrogen-bond donors (Lipinski definition) is 2. The molecule has 0 fully saturated rings. The number of carboxylic acid groups (broad SMARTS) is 1. The number of nitrogens with one attached hydrogen (secondary N) is 1. The van der Waals surface area contributed by atoms with E-state index in [1.807, 2.05) is 24.3 Å². The van der Waals surface area contributed by atoms with Crippen molar-refractivity contribution in [2.45, 2.75) is 25.4 Å². The molecule has 0 saturated carbocycles. The van der Waals surface area contributed by atoms with E-state index < -0.39 is 17.9 Å². The maximum atomic E-state index is 12.5. The Morgan fingerprint density at radius 2 is 1.44 bits per heavy atom. The zero-order valence-corrected chi connectivity index (χ0v) is 21.8. The summed E-state index contributed by atoms with van der Waals surface area (Å²) in [6.07, 6.45) is 1.31. The van der Waals surface area contributed by atoms with Crippen molar-refractivity contribution in [3.05, 3.63) is 94.5 Å². The van der Waals surface area contributed by atoms with Crippen LogP contribution in [0.15, 0.2) is 72.8 Å². The van der Waals surface area contributed by atoms with E-state index in [4.69, 9.17) is 11.6 Å². The Morgan fingerprint density at radius 1 is 0.861 bits per heavy atom. The number of hydrogen-bond acceptors (Lipinski definition) is 4. The standard InChI is InChI=1S/C29H34ClN3O3/c1-32(2)17-6-18-33(3)20-22-11-15-24(16-12-22)23-13-9-21(10-14-23)19-27(29(35)36)31-28(34)25-7-4-5-8-26(25)30/h4-5,7-16,27H,6,17-20H2,1-3H3,(H,31,34)(H,35,36)/t27-/m0/s1. The summed E-state index contributed by atoms with van der Waals surface area (Å²) in [6.45, 7) is 3.04. The topological polar surface area (TPSA) is 72.9 Å². The van der Waals surface area contributed by atoms with Gasteiger partial charge in [-0.3, -0.25) is 4.79 Å². The molecule has 2 N–H and O–H groups in total. The van der Waals surface area contributed by atoms with E-state index in [-0.39, 0.29) is 17.0 Å². The number of carbonyl (C=O) groups is 2. The van der Waals surface area contributed by atoms with Gasteiger partial charge in [0.1, 0.15) is 6.04 Å². The van der Waals surface area contributed by atoms with Gasteiger partial charge in [0.15, 0.2) is 0 Å². The van der Waals surface area contributed by atoms with Crippen LogP contribution in [0.2, 0.25) is 5.02 Å². The molecule has 3 aromatic rings. The van der Waals surface area contributed by atoms with Crippen LogP contribution in [0.1, 0.15) is 27.9 Å². The Morgan fingerprint density at radius 3 is 2.00 bits per heavy atom. The SMILES string of the molecule is CN(C)CCCN(C)Cc1ccc(-c2ccc(C[C@H](NC(=O)c3ccccc3Cl)C(=O)O)cc2)cc1. The quantitative estimate of drug-likeness (QED) is 0.368. The van der Waals surface area contributed by atoms with Crippen molar-refractivity contribution in [1.29, 1.82) is 0 Å². The molecule has 3 aromatic carbocycles. The minimum absolute atomic E-state index is 0.172.